The smallest absolute Gasteiger partial charge is 0.274 e. The van der Waals surface area contributed by atoms with Crippen LogP contribution in [0.25, 0.3) is 0 Å². The van der Waals surface area contributed by atoms with Crippen LogP contribution >= 0.6 is 0 Å². The van der Waals surface area contributed by atoms with Crippen LogP contribution < -0.4 is 10.6 Å². The van der Waals surface area contributed by atoms with Gasteiger partial charge in [-0.1, -0.05) is 0 Å². The summed E-state index contributed by atoms with van der Waals surface area (Å²) in [6.07, 6.45) is 2.07. The normalized spacial score (nSPS) is 16.0. The van der Waals surface area contributed by atoms with Crippen molar-refractivity contribution in [2.45, 2.75) is 25.7 Å². The third-order valence-corrected chi connectivity index (χ3v) is 4.31. The quantitative estimate of drug-likeness (QED) is 0.892. The second-order valence-electron chi connectivity index (χ2n) is 5.81. The maximum absolute atomic E-state index is 12.4. The Morgan fingerprint density at radius 1 is 1.32 bits per heavy atom. The summed E-state index contributed by atoms with van der Waals surface area (Å²) in [5, 5.41) is 10.7. The molecule has 1 amide bonds. The Labute approximate surface area is 129 Å². The van der Waals surface area contributed by atoms with Crippen molar-refractivity contribution in [3.63, 3.8) is 0 Å². The SMILES string of the molecule is Cc1ccc(C(=O)Nc2nc(C3CCNCC3)nn2C)n1C. The summed E-state index contributed by atoms with van der Waals surface area (Å²) in [7, 11) is 3.69. The molecule has 0 unspecified atom stereocenters. The van der Waals surface area contributed by atoms with Gasteiger partial charge in [0, 0.05) is 25.7 Å². The number of carbonyl (C=O) groups is 1. The lowest BCUT2D eigenvalue weighted by molar-refractivity contribution is 0.101. The van der Waals surface area contributed by atoms with Gasteiger partial charge in [-0.05, 0) is 45.0 Å². The number of carbonyl (C=O) groups excluding carboxylic acids is 1. The van der Waals surface area contributed by atoms with E-state index >= 15 is 0 Å². The fraction of sp³-hybridized carbons (Fsp3) is 0.533. The standard InChI is InChI=1S/C15H22N6O/c1-10-4-5-12(20(10)2)14(22)18-15-17-13(19-21(15)3)11-6-8-16-9-7-11/h4-5,11,16H,6-9H2,1-3H3,(H,17,18,19,22). The molecule has 0 aliphatic carbocycles. The summed E-state index contributed by atoms with van der Waals surface area (Å²) in [6.45, 7) is 3.95. The number of aryl methyl sites for hydroxylation is 2. The van der Waals surface area contributed by atoms with Gasteiger partial charge < -0.3 is 9.88 Å². The van der Waals surface area contributed by atoms with Crippen LogP contribution in [0.4, 0.5) is 5.95 Å². The van der Waals surface area contributed by atoms with Crippen molar-refractivity contribution >= 4 is 11.9 Å². The molecule has 118 valence electrons. The monoisotopic (exact) mass is 302 g/mol. The average molecular weight is 302 g/mol. The largest absolute Gasteiger partial charge is 0.344 e. The summed E-state index contributed by atoms with van der Waals surface area (Å²) in [4.78, 5) is 16.9. The lowest BCUT2D eigenvalue weighted by Gasteiger charge is -2.19. The fourth-order valence-electron chi connectivity index (χ4n) is 2.77. The van der Waals surface area contributed by atoms with Gasteiger partial charge in [-0.15, -0.1) is 0 Å². The van der Waals surface area contributed by atoms with Gasteiger partial charge in [-0.2, -0.15) is 10.1 Å². The molecule has 0 atom stereocenters. The highest BCUT2D eigenvalue weighted by Crippen LogP contribution is 2.23. The number of anilines is 1. The Bertz CT molecular complexity index is 680. The number of hydrogen-bond donors (Lipinski definition) is 2. The molecule has 0 spiro atoms. The highest BCUT2D eigenvalue weighted by Gasteiger charge is 2.22. The predicted octanol–water partition coefficient (Wildman–Crippen LogP) is 1.18. The summed E-state index contributed by atoms with van der Waals surface area (Å²) in [5.41, 5.74) is 1.66. The van der Waals surface area contributed by atoms with Gasteiger partial charge in [-0.25, -0.2) is 4.68 Å². The number of amides is 1. The molecule has 7 heteroatoms. The number of hydrogen-bond acceptors (Lipinski definition) is 4. The van der Waals surface area contributed by atoms with E-state index in [0.717, 1.165) is 37.4 Å². The van der Waals surface area contributed by atoms with Crippen molar-refractivity contribution in [1.29, 1.82) is 0 Å². The van der Waals surface area contributed by atoms with E-state index in [1.54, 1.807) is 4.68 Å². The van der Waals surface area contributed by atoms with Crippen LogP contribution in [0.5, 0.6) is 0 Å². The van der Waals surface area contributed by atoms with Crippen molar-refractivity contribution < 1.29 is 4.79 Å². The first-order valence-corrected chi connectivity index (χ1v) is 7.61. The first-order valence-electron chi connectivity index (χ1n) is 7.61. The van der Waals surface area contributed by atoms with Crippen molar-refractivity contribution in [3.8, 4) is 0 Å². The highest BCUT2D eigenvalue weighted by molar-refractivity contribution is 6.02. The minimum absolute atomic E-state index is 0.164. The van der Waals surface area contributed by atoms with Gasteiger partial charge in [0.05, 0.1) is 0 Å². The molecule has 0 aromatic carbocycles. The lowest BCUT2D eigenvalue weighted by atomic mass is 9.98. The first-order chi connectivity index (χ1) is 10.6. The van der Waals surface area contributed by atoms with Crippen LogP contribution in [-0.2, 0) is 14.1 Å². The zero-order valence-electron chi connectivity index (χ0n) is 13.3. The van der Waals surface area contributed by atoms with Gasteiger partial charge in [0.25, 0.3) is 5.91 Å². The Kier molecular flexibility index (Phi) is 3.98. The summed E-state index contributed by atoms with van der Waals surface area (Å²) in [5.74, 6) is 1.53. The lowest BCUT2D eigenvalue weighted by Crippen LogP contribution is -2.27. The molecule has 1 saturated heterocycles. The molecule has 2 N–H and O–H groups in total. The van der Waals surface area contributed by atoms with Crippen molar-refractivity contribution in [2.24, 2.45) is 14.1 Å². The summed E-state index contributed by atoms with van der Waals surface area (Å²) >= 11 is 0. The van der Waals surface area contributed by atoms with E-state index in [9.17, 15) is 4.79 Å². The minimum Gasteiger partial charge on any atom is -0.344 e. The molecule has 3 heterocycles. The third kappa shape index (κ3) is 2.76. The predicted molar refractivity (Wildman–Crippen MR) is 84.0 cm³/mol. The van der Waals surface area contributed by atoms with Crippen LogP contribution in [0.2, 0.25) is 0 Å². The molecule has 3 rings (SSSR count). The van der Waals surface area contributed by atoms with E-state index in [1.807, 2.05) is 37.7 Å². The Balaban J connectivity index is 1.76. The second kappa shape index (κ2) is 5.92. The molecular formula is C15H22N6O. The Morgan fingerprint density at radius 3 is 2.68 bits per heavy atom. The van der Waals surface area contributed by atoms with E-state index in [0.29, 0.717) is 17.6 Å². The maximum Gasteiger partial charge on any atom is 0.274 e. The van der Waals surface area contributed by atoms with E-state index in [4.69, 9.17) is 0 Å². The van der Waals surface area contributed by atoms with Gasteiger partial charge in [0.2, 0.25) is 5.95 Å². The first kappa shape index (κ1) is 14.8. The van der Waals surface area contributed by atoms with Crippen LogP contribution in [0.1, 0.15) is 40.8 Å². The fourth-order valence-corrected chi connectivity index (χ4v) is 2.77. The van der Waals surface area contributed by atoms with Gasteiger partial charge in [0.1, 0.15) is 5.69 Å². The molecule has 2 aromatic rings. The molecule has 0 bridgehead atoms. The number of rotatable bonds is 3. The van der Waals surface area contributed by atoms with Crippen LogP contribution in [-0.4, -0.2) is 38.3 Å². The number of nitrogens with zero attached hydrogens (tertiary/aromatic N) is 4. The Hall–Kier alpha value is -2.15. The topological polar surface area (TPSA) is 76.8 Å². The van der Waals surface area contributed by atoms with E-state index in [1.165, 1.54) is 0 Å². The minimum atomic E-state index is -0.164. The van der Waals surface area contributed by atoms with Crippen LogP contribution in [0, 0.1) is 6.92 Å². The van der Waals surface area contributed by atoms with E-state index < -0.39 is 0 Å². The van der Waals surface area contributed by atoms with Crippen LogP contribution in [0.15, 0.2) is 12.1 Å². The zero-order chi connectivity index (χ0) is 15.7. The van der Waals surface area contributed by atoms with Gasteiger partial charge >= 0.3 is 0 Å². The molecule has 1 fully saturated rings. The molecule has 0 saturated carbocycles. The molecule has 2 aromatic heterocycles. The van der Waals surface area contributed by atoms with Crippen LogP contribution in [0.3, 0.4) is 0 Å². The third-order valence-electron chi connectivity index (χ3n) is 4.31. The number of nitrogens with one attached hydrogen (secondary N) is 2. The second-order valence-corrected chi connectivity index (χ2v) is 5.81. The number of aromatic nitrogens is 4. The van der Waals surface area contributed by atoms with E-state index in [-0.39, 0.29) is 5.91 Å². The molecule has 1 aliphatic heterocycles. The zero-order valence-corrected chi connectivity index (χ0v) is 13.3. The molecular weight excluding hydrogens is 280 g/mol. The van der Waals surface area contributed by atoms with Gasteiger partial charge in [0.15, 0.2) is 5.82 Å². The molecule has 7 nitrogen and oxygen atoms in total. The van der Waals surface area contributed by atoms with Crippen molar-refractivity contribution in [2.75, 3.05) is 18.4 Å². The Morgan fingerprint density at radius 2 is 2.05 bits per heavy atom. The molecule has 1 aliphatic rings. The summed E-state index contributed by atoms with van der Waals surface area (Å²) in [6, 6.07) is 3.74. The molecule has 0 radical (unpaired) electrons. The summed E-state index contributed by atoms with van der Waals surface area (Å²) < 4.78 is 3.50. The maximum atomic E-state index is 12.4. The van der Waals surface area contributed by atoms with Crippen molar-refractivity contribution in [3.05, 3.63) is 29.3 Å². The number of piperidine rings is 1. The van der Waals surface area contributed by atoms with Crippen molar-refractivity contribution in [1.82, 2.24) is 24.6 Å². The van der Waals surface area contributed by atoms with Gasteiger partial charge in [-0.3, -0.25) is 10.1 Å². The average Bonchev–Trinajstić information content (AvgIpc) is 3.04. The molecule has 22 heavy (non-hydrogen) atoms. The van der Waals surface area contributed by atoms with E-state index in [2.05, 4.69) is 20.7 Å². The highest BCUT2D eigenvalue weighted by atomic mass is 16.2.